The fourth-order valence-corrected chi connectivity index (χ4v) is 1.86. The first-order chi connectivity index (χ1) is 7.40. The van der Waals surface area contributed by atoms with Gasteiger partial charge in [0.15, 0.2) is 0 Å². The minimum absolute atomic E-state index is 0.0955. The van der Waals surface area contributed by atoms with Crippen LogP contribution in [0.1, 0.15) is 6.42 Å². The molecule has 9 heteroatoms. The highest BCUT2D eigenvalue weighted by molar-refractivity contribution is 7.87. The minimum atomic E-state index is -3.49. The maximum absolute atomic E-state index is 11.5. The third-order valence-electron chi connectivity index (χ3n) is 1.80. The zero-order valence-corrected chi connectivity index (χ0v) is 10.1. The number of rotatable bonds is 8. The van der Waals surface area contributed by atoms with Crippen molar-refractivity contribution >= 4 is 16.2 Å². The summed E-state index contributed by atoms with van der Waals surface area (Å²) in [4.78, 5) is 10.3. The summed E-state index contributed by atoms with van der Waals surface area (Å²) in [7, 11) is -2.04. The lowest BCUT2D eigenvalue weighted by Crippen LogP contribution is -2.43. The molecule has 0 fully saturated rings. The fraction of sp³-hybridized carbons (Fsp3) is 0.857. The molecule has 0 rings (SSSR count). The predicted molar refractivity (Wildman–Crippen MR) is 60.8 cm³/mol. The van der Waals surface area contributed by atoms with Crippen molar-refractivity contribution < 1.29 is 13.2 Å². The molecular weight excluding hydrogens is 234 g/mol. The van der Waals surface area contributed by atoms with E-state index in [1.807, 2.05) is 0 Å². The number of carbonyl (C=O) groups excluding carboxylic acids is 1. The molecule has 0 saturated carbocycles. The van der Waals surface area contributed by atoms with Gasteiger partial charge in [-0.3, -0.25) is 0 Å². The van der Waals surface area contributed by atoms with Crippen LogP contribution < -0.4 is 21.5 Å². The maximum Gasteiger partial charge on any atom is 0.312 e. The van der Waals surface area contributed by atoms with E-state index in [1.54, 1.807) is 0 Å². The quantitative estimate of drug-likeness (QED) is 0.365. The Kier molecular flexibility index (Phi) is 6.97. The molecule has 2 amide bonds. The zero-order valence-electron chi connectivity index (χ0n) is 9.27. The van der Waals surface area contributed by atoms with Gasteiger partial charge < -0.3 is 16.8 Å². The Morgan fingerprint density at radius 2 is 2.00 bits per heavy atom. The van der Waals surface area contributed by atoms with Crippen molar-refractivity contribution in [2.45, 2.75) is 6.42 Å². The number of primary amides is 1. The number of amides is 2. The standard InChI is InChI=1S/C7H19N5O3S/c1-12(6-2-3-8)16(14,15)11-5-4-10-7(9)13/h11H,2-6,8H2,1H3,(H3,9,10,13). The van der Waals surface area contributed by atoms with E-state index in [2.05, 4.69) is 10.0 Å². The van der Waals surface area contributed by atoms with Gasteiger partial charge in [-0.2, -0.15) is 12.7 Å². The Bertz CT molecular complexity index is 305. The van der Waals surface area contributed by atoms with Crippen LogP contribution in [0.2, 0.25) is 0 Å². The second-order valence-corrected chi connectivity index (χ2v) is 5.02. The second kappa shape index (κ2) is 7.39. The van der Waals surface area contributed by atoms with Gasteiger partial charge in [-0.1, -0.05) is 0 Å². The average molecular weight is 253 g/mol. The molecule has 0 aromatic heterocycles. The Morgan fingerprint density at radius 1 is 1.38 bits per heavy atom. The van der Waals surface area contributed by atoms with E-state index in [0.717, 1.165) is 0 Å². The van der Waals surface area contributed by atoms with Crippen LogP contribution in [0.5, 0.6) is 0 Å². The Morgan fingerprint density at radius 3 is 2.50 bits per heavy atom. The molecular formula is C7H19N5O3S. The number of nitrogens with one attached hydrogen (secondary N) is 2. The normalized spacial score (nSPS) is 11.7. The van der Waals surface area contributed by atoms with E-state index in [-0.39, 0.29) is 13.1 Å². The number of carbonyl (C=O) groups is 1. The van der Waals surface area contributed by atoms with Crippen LogP contribution in [-0.4, -0.2) is 52.0 Å². The summed E-state index contributed by atoms with van der Waals surface area (Å²) in [6.07, 6.45) is 0.594. The van der Waals surface area contributed by atoms with E-state index in [1.165, 1.54) is 11.4 Å². The van der Waals surface area contributed by atoms with Gasteiger partial charge in [0.2, 0.25) is 0 Å². The van der Waals surface area contributed by atoms with E-state index >= 15 is 0 Å². The van der Waals surface area contributed by atoms with Gasteiger partial charge >= 0.3 is 6.03 Å². The van der Waals surface area contributed by atoms with Crippen molar-refractivity contribution in [3.8, 4) is 0 Å². The van der Waals surface area contributed by atoms with Crippen LogP contribution in [-0.2, 0) is 10.2 Å². The first-order valence-corrected chi connectivity index (χ1v) is 6.28. The summed E-state index contributed by atoms with van der Waals surface area (Å²) in [6, 6.07) is -0.685. The highest BCUT2D eigenvalue weighted by Crippen LogP contribution is 1.93. The van der Waals surface area contributed by atoms with E-state index in [0.29, 0.717) is 19.5 Å². The molecule has 0 unspecified atom stereocenters. The summed E-state index contributed by atoms with van der Waals surface area (Å²) in [6.45, 7) is 1.04. The Balaban J connectivity index is 3.90. The topological polar surface area (TPSA) is 131 Å². The fourth-order valence-electron chi connectivity index (χ4n) is 0.910. The minimum Gasteiger partial charge on any atom is -0.352 e. The van der Waals surface area contributed by atoms with E-state index < -0.39 is 16.2 Å². The Hall–Kier alpha value is -0.900. The van der Waals surface area contributed by atoms with Crippen molar-refractivity contribution in [2.24, 2.45) is 11.5 Å². The maximum atomic E-state index is 11.5. The lowest BCUT2D eigenvalue weighted by Gasteiger charge is -2.17. The third-order valence-corrected chi connectivity index (χ3v) is 3.37. The molecule has 0 bridgehead atoms. The summed E-state index contributed by atoms with van der Waals surface area (Å²) in [5.41, 5.74) is 10.1. The SMILES string of the molecule is CN(CCCN)S(=O)(=O)NCCNC(N)=O. The van der Waals surface area contributed by atoms with Crippen molar-refractivity contribution in [3.05, 3.63) is 0 Å². The van der Waals surface area contributed by atoms with Gasteiger partial charge in [0, 0.05) is 26.7 Å². The van der Waals surface area contributed by atoms with E-state index in [9.17, 15) is 13.2 Å². The smallest absolute Gasteiger partial charge is 0.312 e. The number of hydrogen-bond donors (Lipinski definition) is 4. The van der Waals surface area contributed by atoms with Crippen LogP contribution in [0.4, 0.5) is 4.79 Å². The summed E-state index contributed by atoms with van der Waals surface area (Å²) in [5, 5.41) is 2.27. The number of hydrogen-bond acceptors (Lipinski definition) is 4. The monoisotopic (exact) mass is 253 g/mol. The van der Waals surface area contributed by atoms with Gasteiger partial charge in [-0.15, -0.1) is 0 Å². The molecule has 0 radical (unpaired) electrons. The predicted octanol–water partition coefficient (Wildman–Crippen LogP) is -2.23. The summed E-state index contributed by atoms with van der Waals surface area (Å²) < 4.78 is 26.5. The number of nitrogens with two attached hydrogens (primary N) is 2. The molecule has 0 saturated heterocycles. The molecule has 0 aliphatic carbocycles. The molecule has 8 nitrogen and oxygen atoms in total. The van der Waals surface area contributed by atoms with Gasteiger partial charge in [-0.05, 0) is 13.0 Å². The summed E-state index contributed by atoms with van der Waals surface area (Å²) >= 11 is 0. The highest BCUT2D eigenvalue weighted by Gasteiger charge is 2.15. The Labute approximate surface area is 95.5 Å². The first kappa shape index (κ1) is 15.1. The zero-order chi connectivity index (χ0) is 12.6. The number of urea groups is 1. The van der Waals surface area contributed by atoms with Gasteiger partial charge in [-0.25, -0.2) is 9.52 Å². The molecule has 0 aromatic rings. The third kappa shape index (κ3) is 6.56. The molecule has 0 atom stereocenters. The molecule has 0 heterocycles. The molecule has 16 heavy (non-hydrogen) atoms. The van der Waals surface area contributed by atoms with Crippen LogP contribution in [0.3, 0.4) is 0 Å². The summed E-state index contributed by atoms with van der Waals surface area (Å²) in [5.74, 6) is 0. The van der Waals surface area contributed by atoms with Crippen molar-refractivity contribution in [2.75, 3.05) is 33.2 Å². The largest absolute Gasteiger partial charge is 0.352 e. The number of nitrogens with zero attached hydrogens (tertiary/aromatic N) is 1. The molecule has 0 aromatic carbocycles. The van der Waals surface area contributed by atoms with Crippen molar-refractivity contribution in [3.63, 3.8) is 0 Å². The molecule has 0 aliphatic rings. The molecule has 96 valence electrons. The second-order valence-electron chi connectivity index (χ2n) is 3.15. The van der Waals surface area contributed by atoms with Crippen LogP contribution in [0, 0.1) is 0 Å². The van der Waals surface area contributed by atoms with Crippen LogP contribution in [0.25, 0.3) is 0 Å². The lowest BCUT2D eigenvalue weighted by atomic mass is 10.4. The first-order valence-electron chi connectivity index (χ1n) is 4.84. The molecule has 0 spiro atoms. The van der Waals surface area contributed by atoms with Crippen molar-refractivity contribution in [1.82, 2.24) is 14.3 Å². The van der Waals surface area contributed by atoms with Crippen LogP contribution >= 0.6 is 0 Å². The van der Waals surface area contributed by atoms with Crippen LogP contribution in [0.15, 0.2) is 0 Å². The lowest BCUT2D eigenvalue weighted by molar-refractivity contribution is 0.249. The van der Waals surface area contributed by atoms with Crippen molar-refractivity contribution in [1.29, 1.82) is 0 Å². The highest BCUT2D eigenvalue weighted by atomic mass is 32.2. The van der Waals surface area contributed by atoms with E-state index in [4.69, 9.17) is 11.5 Å². The molecule has 0 aliphatic heterocycles. The van der Waals surface area contributed by atoms with Gasteiger partial charge in [0.1, 0.15) is 0 Å². The van der Waals surface area contributed by atoms with Gasteiger partial charge in [0.05, 0.1) is 0 Å². The average Bonchev–Trinajstić information content (AvgIpc) is 2.20. The molecule has 6 N–H and O–H groups in total. The van der Waals surface area contributed by atoms with Gasteiger partial charge in [0.25, 0.3) is 10.2 Å².